The number of halogens is 2. The third-order valence-electron chi connectivity index (χ3n) is 1.64. The van der Waals surface area contributed by atoms with E-state index in [0.29, 0.717) is 0 Å². The molecule has 76 valence electrons. The molecule has 1 rings (SSSR count). The highest BCUT2D eigenvalue weighted by Gasteiger charge is 2.01. The number of benzene rings is 1. The van der Waals surface area contributed by atoms with Gasteiger partial charge in [-0.25, -0.2) is 0 Å². The van der Waals surface area contributed by atoms with Crippen LogP contribution in [0.3, 0.4) is 0 Å². The number of aliphatic imine (C=N–C) groups is 1. The lowest BCUT2D eigenvalue weighted by atomic mass is 10.3. The summed E-state index contributed by atoms with van der Waals surface area (Å²) in [5.41, 5.74) is 1.00. The van der Waals surface area contributed by atoms with E-state index in [9.17, 15) is 0 Å². The molecule has 0 aromatic heterocycles. The summed E-state index contributed by atoms with van der Waals surface area (Å²) in [4.78, 5) is 4.04. The molecule has 0 unspecified atom stereocenters. The zero-order valence-electron chi connectivity index (χ0n) is 7.94. The molecule has 1 aromatic carbocycles. The molecule has 1 aromatic rings. The molecule has 0 spiro atoms. The molecule has 3 nitrogen and oxygen atoms in total. The molecular weight excluding hydrogens is 357 g/mol. The van der Waals surface area contributed by atoms with Gasteiger partial charge in [-0.2, -0.15) is 0 Å². The third kappa shape index (κ3) is 3.13. The molecule has 0 atom stereocenters. The molecule has 0 heterocycles. The van der Waals surface area contributed by atoms with Crippen molar-refractivity contribution in [3.8, 4) is 0 Å². The number of anilines is 1. The van der Waals surface area contributed by atoms with Crippen LogP contribution in [0, 0.1) is 3.57 Å². The third-order valence-corrected chi connectivity index (χ3v) is 2.97. The SMILES string of the molecule is CN=C(NC)Nc1ccc(I)cc1Br. The monoisotopic (exact) mass is 367 g/mol. The first-order chi connectivity index (χ1) is 6.67. The van der Waals surface area contributed by atoms with Gasteiger partial charge in [-0.05, 0) is 56.7 Å². The fourth-order valence-corrected chi connectivity index (χ4v) is 2.35. The van der Waals surface area contributed by atoms with Crippen LogP contribution in [0.15, 0.2) is 27.7 Å². The van der Waals surface area contributed by atoms with E-state index in [-0.39, 0.29) is 0 Å². The highest BCUT2D eigenvalue weighted by atomic mass is 127. The van der Waals surface area contributed by atoms with Gasteiger partial charge in [-0.1, -0.05) is 0 Å². The van der Waals surface area contributed by atoms with Crippen molar-refractivity contribution in [1.29, 1.82) is 0 Å². The van der Waals surface area contributed by atoms with Crippen LogP contribution < -0.4 is 10.6 Å². The van der Waals surface area contributed by atoms with Crippen LogP contribution in [-0.4, -0.2) is 20.1 Å². The molecular formula is C9H11BrIN3. The summed E-state index contributed by atoms with van der Waals surface area (Å²) < 4.78 is 2.22. The maximum atomic E-state index is 4.04. The molecule has 2 N–H and O–H groups in total. The van der Waals surface area contributed by atoms with Crippen LogP contribution in [0.1, 0.15) is 0 Å². The maximum Gasteiger partial charge on any atom is 0.195 e. The molecule has 0 amide bonds. The van der Waals surface area contributed by atoms with Crippen molar-refractivity contribution in [2.45, 2.75) is 0 Å². The number of hydrogen-bond acceptors (Lipinski definition) is 1. The second-order valence-corrected chi connectivity index (χ2v) is 4.67. The molecule has 0 aliphatic heterocycles. The number of nitrogens with zero attached hydrogens (tertiary/aromatic N) is 1. The summed E-state index contributed by atoms with van der Waals surface area (Å²) >= 11 is 5.75. The normalized spacial score (nSPS) is 11.3. The van der Waals surface area contributed by atoms with Crippen molar-refractivity contribution in [3.63, 3.8) is 0 Å². The van der Waals surface area contributed by atoms with Gasteiger partial charge in [0.25, 0.3) is 0 Å². The zero-order chi connectivity index (χ0) is 10.6. The van der Waals surface area contributed by atoms with Crippen LogP contribution in [0.2, 0.25) is 0 Å². The standard InChI is InChI=1S/C9H11BrIN3/c1-12-9(13-2)14-8-4-3-6(11)5-7(8)10/h3-5H,1-2H3,(H2,12,13,14). The number of rotatable bonds is 1. The predicted octanol–water partition coefficient (Wildman–Crippen LogP) is 2.67. The summed E-state index contributed by atoms with van der Waals surface area (Å²) in [6, 6.07) is 6.09. The second-order valence-electron chi connectivity index (χ2n) is 2.57. The van der Waals surface area contributed by atoms with Gasteiger partial charge in [-0.15, -0.1) is 0 Å². The van der Waals surface area contributed by atoms with Crippen LogP contribution in [-0.2, 0) is 0 Å². The minimum Gasteiger partial charge on any atom is -0.359 e. The molecule has 0 saturated heterocycles. The Morgan fingerprint density at radius 2 is 2.21 bits per heavy atom. The van der Waals surface area contributed by atoms with Crippen LogP contribution >= 0.6 is 38.5 Å². The summed E-state index contributed by atoms with van der Waals surface area (Å²) in [5, 5.41) is 6.12. The highest BCUT2D eigenvalue weighted by Crippen LogP contribution is 2.24. The molecule has 0 bridgehead atoms. The maximum absolute atomic E-state index is 4.04. The van der Waals surface area contributed by atoms with Crippen molar-refractivity contribution < 1.29 is 0 Å². The van der Waals surface area contributed by atoms with Gasteiger partial charge in [0.15, 0.2) is 5.96 Å². The highest BCUT2D eigenvalue weighted by molar-refractivity contribution is 14.1. The van der Waals surface area contributed by atoms with Gasteiger partial charge in [0, 0.05) is 22.1 Å². The topological polar surface area (TPSA) is 36.4 Å². The number of nitrogens with one attached hydrogen (secondary N) is 2. The summed E-state index contributed by atoms with van der Waals surface area (Å²) in [6.45, 7) is 0. The van der Waals surface area contributed by atoms with Crippen molar-refractivity contribution >= 4 is 50.2 Å². The molecule has 0 fully saturated rings. The van der Waals surface area contributed by atoms with Gasteiger partial charge in [0.1, 0.15) is 0 Å². The minimum atomic E-state index is 0.743. The van der Waals surface area contributed by atoms with Gasteiger partial charge < -0.3 is 10.6 Å². The Kier molecular flexibility index (Phi) is 4.67. The fraction of sp³-hybridized carbons (Fsp3) is 0.222. The molecule has 0 aliphatic rings. The molecule has 14 heavy (non-hydrogen) atoms. The fourth-order valence-electron chi connectivity index (χ4n) is 0.949. The largest absolute Gasteiger partial charge is 0.359 e. The average molecular weight is 368 g/mol. The van der Waals surface area contributed by atoms with E-state index in [1.807, 2.05) is 25.2 Å². The van der Waals surface area contributed by atoms with E-state index in [1.165, 1.54) is 3.57 Å². The van der Waals surface area contributed by atoms with E-state index in [4.69, 9.17) is 0 Å². The Morgan fingerprint density at radius 1 is 1.50 bits per heavy atom. The van der Waals surface area contributed by atoms with Gasteiger partial charge in [-0.3, -0.25) is 4.99 Å². The first kappa shape index (κ1) is 11.8. The Hall–Kier alpha value is -0.300. The van der Waals surface area contributed by atoms with Crippen molar-refractivity contribution in [2.24, 2.45) is 4.99 Å². The van der Waals surface area contributed by atoms with E-state index in [2.05, 4.69) is 54.1 Å². The zero-order valence-corrected chi connectivity index (χ0v) is 11.7. The van der Waals surface area contributed by atoms with Crippen LogP contribution in [0.4, 0.5) is 5.69 Å². The Labute approximate surface area is 106 Å². The van der Waals surface area contributed by atoms with Crippen molar-refractivity contribution in [1.82, 2.24) is 5.32 Å². The van der Waals surface area contributed by atoms with Crippen molar-refractivity contribution in [2.75, 3.05) is 19.4 Å². The summed E-state index contributed by atoms with van der Waals surface area (Å²) in [5.74, 6) is 0.743. The van der Waals surface area contributed by atoms with Gasteiger partial charge >= 0.3 is 0 Å². The first-order valence-corrected chi connectivity index (χ1v) is 5.91. The van der Waals surface area contributed by atoms with Gasteiger partial charge in [0.2, 0.25) is 0 Å². The average Bonchev–Trinajstić information content (AvgIpc) is 2.17. The Bertz CT molecular complexity index is 352. The Balaban J connectivity index is 2.87. The van der Waals surface area contributed by atoms with Crippen LogP contribution in [0.25, 0.3) is 0 Å². The van der Waals surface area contributed by atoms with Gasteiger partial charge in [0.05, 0.1) is 5.69 Å². The lowest BCUT2D eigenvalue weighted by Gasteiger charge is -2.10. The summed E-state index contributed by atoms with van der Waals surface area (Å²) in [6.07, 6.45) is 0. The quantitative estimate of drug-likeness (QED) is 0.455. The predicted molar refractivity (Wildman–Crippen MR) is 72.9 cm³/mol. The molecule has 5 heteroatoms. The molecule has 0 radical (unpaired) electrons. The number of guanidine groups is 1. The Morgan fingerprint density at radius 3 is 2.71 bits per heavy atom. The van der Waals surface area contributed by atoms with Crippen LogP contribution in [0.5, 0.6) is 0 Å². The molecule has 0 saturated carbocycles. The van der Waals surface area contributed by atoms with E-state index in [1.54, 1.807) is 7.05 Å². The smallest absolute Gasteiger partial charge is 0.195 e. The minimum absolute atomic E-state index is 0.743. The number of hydrogen-bond donors (Lipinski definition) is 2. The van der Waals surface area contributed by atoms with E-state index >= 15 is 0 Å². The first-order valence-electron chi connectivity index (χ1n) is 4.04. The molecule has 0 aliphatic carbocycles. The van der Waals surface area contributed by atoms with Crippen molar-refractivity contribution in [3.05, 3.63) is 26.2 Å². The second kappa shape index (κ2) is 5.55. The lowest BCUT2D eigenvalue weighted by Crippen LogP contribution is -2.26. The summed E-state index contributed by atoms with van der Waals surface area (Å²) in [7, 11) is 3.56. The lowest BCUT2D eigenvalue weighted by molar-refractivity contribution is 1.14. The van der Waals surface area contributed by atoms with E-state index < -0.39 is 0 Å². The van der Waals surface area contributed by atoms with E-state index in [0.717, 1.165) is 16.1 Å².